The number of fused-ring (bicyclic) bond motifs is 1. The van der Waals surface area contributed by atoms with Crippen molar-refractivity contribution in [2.75, 3.05) is 18.4 Å². The van der Waals surface area contributed by atoms with Gasteiger partial charge in [-0.2, -0.15) is 0 Å². The highest BCUT2D eigenvalue weighted by molar-refractivity contribution is 5.57. The molecule has 1 aromatic carbocycles. The summed E-state index contributed by atoms with van der Waals surface area (Å²) in [4.78, 5) is 0. The van der Waals surface area contributed by atoms with E-state index in [1.54, 1.807) is 0 Å². The Labute approximate surface area is 72.8 Å². The van der Waals surface area contributed by atoms with Crippen molar-refractivity contribution < 1.29 is 0 Å². The maximum Gasteiger partial charge on any atom is 0.0376 e. The highest BCUT2D eigenvalue weighted by atomic mass is 14.9. The fourth-order valence-corrected chi connectivity index (χ4v) is 1.66. The first-order valence-electron chi connectivity index (χ1n) is 4.46. The summed E-state index contributed by atoms with van der Waals surface area (Å²) in [6.45, 7) is 1.82. The first kappa shape index (κ1) is 7.62. The van der Waals surface area contributed by atoms with Crippen LogP contribution >= 0.6 is 0 Å². The van der Waals surface area contributed by atoms with Crippen LogP contribution in [-0.2, 0) is 12.8 Å². The zero-order valence-corrected chi connectivity index (χ0v) is 7.14. The fraction of sp³-hybridized carbons (Fsp3) is 0.400. The van der Waals surface area contributed by atoms with E-state index in [0.717, 1.165) is 25.9 Å². The summed E-state index contributed by atoms with van der Waals surface area (Å²) in [5.41, 5.74) is 9.57. The minimum absolute atomic E-state index is 0.735. The van der Waals surface area contributed by atoms with Gasteiger partial charge in [0.1, 0.15) is 0 Å². The molecule has 0 unspecified atom stereocenters. The second-order valence-corrected chi connectivity index (χ2v) is 3.21. The molecule has 1 aromatic rings. The summed E-state index contributed by atoms with van der Waals surface area (Å²) in [6.07, 6.45) is 2.15. The number of benzene rings is 1. The molecule has 0 saturated carbocycles. The van der Waals surface area contributed by atoms with Crippen molar-refractivity contribution in [1.29, 1.82) is 0 Å². The summed E-state index contributed by atoms with van der Waals surface area (Å²) in [5, 5.41) is 3.36. The SMILES string of the molecule is NCCc1ccc2c(c1)NCC2. The van der Waals surface area contributed by atoms with Gasteiger partial charge in [0.05, 0.1) is 0 Å². The van der Waals surface area contributed by atoms with E-state index in [0.29, 0.717) is 0 Å². The minimum atomic E-state index is 0.735. The largest absolute Gasteiger partial charge is 0.384 e. The third-order valence-corrected chi connectivity index (χ3v) is 2.32. The maximum absolute atomic E-state index is 5.49. The van der Waals surface area contributed by atoms with Gasteiger partial charge in [-0.05, 0) is 36.6 Å². The summed E-state index contributed by atoms with van der Waals surface area (Å²) >= 11 is 0. The van der Waals surface area contributed by atoms with E-state index in [9.17, 15) is 0 Å². The number of hydrogen-bond acceptors (Lipinski definition) is 2. The molecule has 0 radical (unpaired) electrons. The highest BCUT2D eigenvalue weighted by Crippen LogP contribution is 2.23. The van der Waals surface area contributed by atoms with Crippen molar-refractivity contribution in [1.82, 2.24) is 0 Å². The highest BCUT2D eigenvalue weighted by Gasteiger charge is 2.08. The van der Waals surface area contributed by atoms with E-state index in [2.05, 4.69) is 23.5 Å². The molecule has 0 amide bonds. The Hall–Kier alpha value is -1.02. The maximum atomic E-state index is 5.49. The average Bonchev–Trinajstić information content (AvgIpc) is 2.51. The van der Waals surface area contributed by atoms with Crippen molar-refractivity contribution in [3.05, 3.63) is 29.3 Å². The number of nitrogens with two attached hydrogens (primary N) is 1. The first-order chi connectivity index (χ1) is 5.90. The molecule has 0 spiro atoms. The van der Waals surface area contributed by atoms with Crippen molar-refractivity contribution in [2.24, 2.45) is 5.73 Å². The molecule has 1 aliphatic heterocycles. The third kappa shape index (κ3) is 1.30. The van der Waals surface area contributed by atoms with Gasteiger partial charge < -0.3 is 11.1 Å². The molecular weight excluding hydrogens is 148 g/mol. The summed E-state index contributed by atoms with van der Waals surface area (Å²) in [6, 6.07) is 6.61. The molecule has 12 heavy (non-hydrogen) atoms. The smallest absolute Gasteiger partial charge is 0.0376 e. The van der Waals surface area contributed by atoms with Crippen molar-refractivity contribution >= 4 is 5.69 Å². The Morgan fingerprint density at radius 1 is 1.42 bits per heavy atom. The molecular formula is C10H14N2. The molecule has 1 heterocycles. The van der Waals surface area contributed by atoms with Crippen molar-refractivity contribution in [2.45, 2.75) is 12.8 Å². The summed E-state index contributed by atoms with van der Waals surface area (Å²) in [7, 11) is 0. The molecule has 0 fully saturated rings. The van der Waals surface area contributed by atoms with Crippen LogP contribution in [0.25, 0.3) is 0 Å². The van der Waals surface area contributed by atoms with E-state index >= 15 is 0 Å². The number of rotatable bonds is 2. The van der Waals surface area contributed by atoms with E-state index < -0.39 is 0 Å². The normalized spacial score (nSPS) is 14.1. The van der Waals surface area contributed by atoms with E-state index in [1.807, 2.05) is 0 Å². The Balaban J connectivity index is 2.26. The molecule has 0 bridgehead atoms. The van der Waals surface area contributed by atoms with Gasteiger partial charge in [-0.15, -0.1) is 0 Å². The van der Waals surface area contributed by atoms with Gasteiger partial charge in [0, 0.05) is 12.2 Å². The van der Waals surface area contributed by atoms with Crippen LogP contribution in [0.2, 0.25) is 0 Å². The standard InChI is InChI=1S/C10H14N2/c11-5-3-8-1-2-9-4-6-12-10(9)7-8/h1-2,7,12H,3-6,11H2. The van der Waals surface area contributed by atoms with Gasteiger partial charge >= 0.3 is 0 Å². The van der Waals surface area contributed by atoms with Crippen LogP contribution in [0.4, 0.5) is 5.69 Å². The van der Waals surface area contributed by atoms with Gasteiger partial charge in [0.2, 0.25) is 0 Å². The van der Waals surface area contributed by atoms with Crippen LogP contribution in [0.3, 0.4) is 0 Å². The zero-order valence-electron chi connectivity index (χ0n) is 7.14. The number of anilines is 1. The van der Waals surface area contributed by atoms with Crippen molar-refractivity contribution in [3.63, 3.8) is 0 Å². The molecule has 2 nitrogen and oxygen atoms in total. The Kier molecular flexibility index (Phi) is 2.00. The van der Waals surface area contributed by atoms with Crippen LogP contribution in [-0.4, -0.2) is 13.1 Å². The van der Waals surface area contributed by atoms with E-state index in [1.165, 1.54) is 16.8 Å². The molecule has 2 heteroatoms. The van der Waals surface area contributed by atoms with Crippen LogP contribution < -0.4 is 11.1 Å². The summed E-state index contributed by atoms with van der Waals surface area (Å²) in [5.74, 6) is 0. The van der Waals surface area contributed by atoms with Gasteiger partial charge in [0.25, 0.3) is 0 Å². The second-order valence-electron chi connectivity index (χ2n) is 3.21. The molecule has 0 saturated heterocycles. The minimum Gasteiger partial charge on any atom is -0.384 e. The Morgan fingerprint density at radius 3 is 3.17 bits per heavy atom. The van der Waals surface area contributed by atoms with Gasteiger partial charge in [-0.1, -0.05) is 12.1 Å². The van der Waals surface area contributed by atoms with Crippen LogP contribution in [0.5, 0.6) is 0 Å². The third-order valence-electron chi connectivity index (χ3n) is 2.32. The monoisotopic (exact) mass is 162 g/mol. The zero-order chi connectivity index (χ0) is 8.39. The lowest BCUT2D eigenvalue weighted by Gasteiger charge is -2.02. The number of nitrogens with one attached hydrogen (secondary N) is 1. The molecule has 64 valence electrons. The molecule has 2 rings (SSSR count). The lowest BCUT2D eigenvalue weighted by molar-refractivity contribution is 0.968. The fourth-order valence-electron chi connectivity index (χ4n) is 1.66. The lowest BCUT2D eigenvalue weighted by Crippen LogP contribution is -2.02. The number of hydrogen-bond donors (Lipinski definition) is 2. The molecule has 0 aliphatic carbocycles. The molecule has 3 N–H and O–H groups in total. The van der Waals surface area contributed by atoms with E-state index in [-0.39, 0.29) is 0 Å². The van der Waals surface area contributed by atoms with E-state index in [4.69, 9.17) is 5.73 Å². The van der Waals surface area contributed by atoms with Gasteiger partial charge in [-0.25, -0.2) is 0 Å². The van der Waals surface area contributed by atoms with Gasteiger partial charge in [0.15, 0.2) is 0 Å². The topological polar surface area (TPSA) is 38.0 Å². The average molecular weight is 162 g/mol. The summed E-state index contributed by atoms with van der Waals surface area (Å²) < 4.78 is 0. The quantitative estimate of drug-likeness (QED) is 0.684. The first-order valence-corrected chi connectivity index (χ1v) is 4.46. The molecule has 1 aliphatic rings. The van der Waals surface area contributed by atoms with Gasteiger partial charge in [-0.3, -0.25) is 0 Å². The predicted octanol–water partition coefficient (Wildman–Crippen LogP) is 1.16. The second kappa shape index (κ2) is 3.15. The van der Waals surface area contributed by atoms with Crippen LogP contribution in [0.1, 0.15) is 11.1 Å². The molecule has 0 aromatic heterocycles. The lowest BCUT2D eigenvalue weighted by atomic mass is 10.1. The molecule has 0 atom stereocenters. The Morgan fingerprint density at radius 2 is 2.33 bits per heavy atom. The van der Waals surface area contributed by atoms with Crippen molar-refractivity contribution in [3.8, 4) is 0 Å². The Bertz CT molecular complexity index is 281. The van der Waals surface area contributed by atoms with Crippen LogP contribution in [0.15, 0.2) is 18.2 Å². The predicted molar refractivity (Wildman–Crippen MR) is 51.4 cm³/mol. The van der Waals surface area contributed by atoms with Crippen LogP contribution in [0, 0.1) is 0 Å².